The number of ether oxygens (including phenoxy) is 2. The summed E-state index contributed by atoms with van der Waals surface area (Å²) in [5.74, 6) is 2.73. The molecule has 0 spiro atoms. The molecular weight excluding hydrogens is 304 g/mol. The van der Waals surface area contributed by atoms with Crippen LogP contribution in [0.15, 0.2) is 30.4 Å². The Bertz CT molecular complexity index is 599. The van der Waals surface area contributed by atoms with E-state index in [4.69, 9.17) is 9.47 Å². The van der Waals surface area contributed by atoms with E-state index in [9.17, 15) is 4.79 Å². The summed E-state index contributed by atoms with van der Waals surface area (Å²) in [5.41, 5.74) is 1.12. The van der Waals surface area contributed by atoms with E-state index >= 15 is 0 Å². The number of nitrogens with zero attached hydrogens (tertiary/aromatic N) is 1. The first-order valence-electron chi connectivity index (χ1n) is 8.60. The van der Waals surface area contributed by atoms with Gasteiger partial charge in [-0.15, -0.1) is 0 Å². The normalized spacial score (nSPS) is 22.2. The van der Waals surface area contributed by atoms with Gasteiger partial charge in [-0.1, -0.05) is 18.2 Å². The molecule has 2 atom stereocenters. The van der Waals surface area contributed by atoms with Crippen molar-refractivity contribution < 1.29 is 14.3 Å². The van der Waals surface area contributed by atoms with Crippen LogP contribution < -0.4 is 14.8 Å². The molecule has 5 heteroatoms. The summed E-state index contributed by atoms with van der Waals surface area (Å²) in [5, 5.41) is 3.04. The van der Waals surface area contributed by atoms with E-state index in [1.165, 1.54) is 0 Å². The van der Waals surface area contributed by atoms with Crippen LogP contribution in [0.3, 0.4) is 0 Å². The number of fused-ring (bicyclic) bond motifs is 1. The number of rotatable bonds is 5. The van der Waals surface area contributed by atoms with Gasteiger partial charge in [0.1, 0.15) is 0 Å². The lowest BCUT2D eigenvalue weighted by Gasteiger charge is -2.17. The number of amides is 2. The summed E-state index contributed by atoms with van der Waals surface area (Å²) >= 11 is 0. The van der Waals surface area contributed by atoms with Gasteiger partial charge in [-0.05, 0) is 48.8 Å². The van der Waals surface area contributed by atoms with E-state index in [-0.39, 0.29) is 6.03 Å². The summed E-state index contributed by atoms with van der Waals surface area (Å²) < 4.78 is 10.6. The molecule has 1 aromatic rings. The third kappa shape index (κ3) is 3.66. The quantitative estimate of drug-likeness (QED) is 0.845. The van der Waals surface area contributed by atoms with E-state index in [0.29, 0.717) is 18.4 Å². The smallest absolute Gasteiger partial charge is 0.317 e. The SMILES string of the molecule is COc1ccc(CCNC(=O)N2C[C@H]3CC=CC[C@@H]3C2)cc1OC. The van der Waals surface area contributed by atoms with E-state index in [0.717, 1.165) is 49.4 Å². The highest BCUT2D eigenvalue weighted by Gasteiger charge is 2.34. The molecule has 2 amide bonds. The van der Waals surface area contributed by atoms with E-state index < -0.39 is 0 Å². The lowest BCUT2D eigenvalue weighted by Crippen LogP contribution is -2.39. The first-order chi connectivity index (χ1) is 11.7. The Balaban J connectivity index is 1.47. The minimum Gasteiger partial charge on any atom is -0.493 e. The fraction of sp³-hybridized carbons (Fsp3) is 0.526. The molecule has 130 valence electrons. The van der Waals surface area contributed by atoms with E-state index in [1.807, 2.05) is 23.1 Å². The standard InChI is InChI=1S/C19H26N2O3/c1-23-17-8-7-14(11-18(17)24-2)9-10-20-19(22)21-12-15-5-3-4-6-16(15)13-21/h3-4,7-8,11,15-16H,5-6,9-10,12-13H2,1-2H3,(H,20,22)/t15-,16-/m1/s1. The van der Waals surface area contributed by atoms with Crippen LogP contribution in [0.1, 0.15) is 18.4 Å². The molecule has 1 aromatic carbocycles. The van der Waals surface area contributed by atoms with Crippen molar-refractivity contribution in [2.45, 2.75) is 19.3 Å². The number of carbonyl (C=O) groups is 1. The number of hydrogen-bond donors (Lipinski definition) is 1. The van der Waals surface area contributed by atoms with Gasteiger partial charge >= 0.3 is 6.03 Å². The molecule has 1 fully saturated rings. The Hall–Kier alpha value is -2.17. The van der Waals surface area contributed by atoms with Gasteiger partial charge in [0, 0.05) is 19.6 Å². The number of carbonyl (C=O) groups excluding carboxylic acids is 1. The van der Waals surface area contributed by atoms with Crippen LogP contribution in [0.2, 0.25) is 0 Å². The second-order valence-corrected chi connectivity index (χ2v) is 6.54. The molecule has 0 bridgehead atoms. The van der Waals surface area contributed by atoms with Gasteiger partial charge in [0.05, 0.1) is 14.2 Å². The maximum Gasteiger partial charge on any atom is 0.317 e. The summed E-state index contributed by atoms with van der Waals surface area (Å²) in [7, 11) is 3.26. The van der Waals surface area contributed by atoms with Crippen molar-refractivity contribution in [2.75, 3.05) is 33.9 Å². The van der Waals surface area contributed by atoms with Crippen molar-refractivity contribution in [1.29, 1.82) is 0 Å². The molecule has 1 heterocycles. The summed E-state index contributed by atoms with van der Waals surface area (Å²) in [6, 6.07) is 5.92. The zero-order valence-electron chi connectivity index (χ0n) is 14.5. The highest BCUT2D eigenvalue weighted by molar-refractivity contribution is 5.74. The highest BCUT2D eigenvalue weighted by Crippen LogP contribution is 2.32. The molecule has 0 unspecified atom stereocenters. The Morgan fingerprint density at radius 2 is 1.79 bits per heavy atom. The lowest BCUT2D eigenvalue weighted by molar-refractivity contribution is 0.206. The van der Waals surface area contributed by atoms with Gasteiger partial charge in [0.2, 0.25) is 0 Å². The minimum absolute atomic E-state index is 0.0601. The van der Waals surface area contributed by atoms with Crippen molar-refractivity contribution in [2.24, 2.45) is 11.8 Å². The first-order valence-corrected chi connectivity index (χ1v) is 8.60. The highest BCUT2D eigenvalue weighted by atomic mass is 16.5. The third-order valence-corrected chi connectivity index (χ3v) is 5.05. The van der Waals surface area contributed by atoms with Gasteiger partial charge in [-0.3, -0.25) is 0 Å². The first kappa shape index (κ1) is 16.7. The number of urea groups is 1. The summed E-state index contributed by atoms with van der Waals surface area (Å²) in [6.07, 6.45) is 7.49. The molecule has 5 nitrogen and oxygen atoms in total. The monoisotopic (exact) mass is 330 g/mol. The molecule has 0 aromatic heterocycles. The Morgan fingerprint density at radius 3 is 2.42 bits per heavy atom. The zero-order chi connectivity index (χ0) is 16.9. The van der Waals surface area contributed by atoms with Gasteiger partial charge < -0.3 is 19.7 Å². The molecule has 0 radical (unpaired) electrons. The molecule has 1 N–H and O–H groups in total. The number of methoxy groups -OCH3 is 2. The van der Waals surface area contributed by atoms with Crippen LogP contribution in [0.5, 0.6) is 11.5 Å². The lowest BCUT2D eigenvalue weighted by atomic mass is 9.86. The zero-order valence-corrected chi connectivity index (χ0v) is 14.5. The van der Waals surface area contributed by atoms with Crippen molar-refractivity contribution in [1.82, 2.24) is 10.2 Å². The molecule has 1 aliphatic heterocycles. The Kier molecular flexibility index (Phi) is 5.28. The predicted octanol–water partition coefficient (Wildman–Crippen LogP) is 2.85. The van der Waals surface area contributed by atoms with Crippen LogP contribution in [-0.2, 0) is 6.42 Å². The molecular formula is C19H26N2O3. The fourth-order valence-corrected chi connectivity index (χ4v) is 3.64. The minimum atomic E-state index is 0.0601. The maximum absolute atomic E-state index is 12.4. The average molecular weight is 330 g/mol. The summed E-state index contributed by atoms with van der Waals surface area (Å²) in [6.45, 7) is 2.40. The number of likely N-dealkylation sites (tertiary alicyclic amines) is 1. The Morgan fingerprint density at radius 1 is 1.12 bits per heavy atom. The van der Waals surface area contributed by atoms with Crippen molar-refractivity contribution >= 4 is 6.03 Å². The van der Waals surface area contributed by atoms with Crippen LogP contribution in [0.25, 0.3) is 0 Å². The van der Waals surface area contributed by atoms with Crippen molar-refractivity contribution in [3.63, 3.8) is 0 Å². The van der Waals surface area contributed by atoms with Crippen LogP contribution in [0, 0.1) is 11.8 Å². The second kappa shape index (κ2) is 7.60. The van der Waals surface area contributed by atoms with Gasteiger partial charge in [0.25, 0.3) is 0 Å². The van der Waals surface area contributed by atoms with E-state index in [1.54, 1.807) is 14.2 Å². The van der Waals surface area contributed by atoms with Crippen molar-refractivity contribution in [3.8, 4) is 11.5 Å². The Labute approximate surface area is 143 Å². The van der Waals surface area contributed by atoms with E-state index in [2.05, 4.69) is 17.5 Å². The van der Waals surface area contributed by atoms with Gasteiger partial charge in [-0.25, -0.2) is 4.79 Å². The van der Waals surface area contributed by atoms with Crippen molar-refractivity contribution in [3.05, 3.63) is 35.9 Å². The third-order valence-electron chi connectivity index (χ3n) is 5.05. The largest absolute Gasteiger partial charge is 0.493 e. The second-order valence-electron chi connectivity index (χ2n) is 6.54. The number of allylic oxidation sites excluding steroid dienone is 2. The summed E-state index contributed by atoms with van der Waals surface area (Å²) in [4.78, 5) is 14.3. The topological polar surface area (TPSA) is 50.8 Å². The number of hydrogen-bond acceptors (Lipinski definition) is 3. The predicted molar refractivity (Wildman–Crippen MR) is 93.6 cm³/mol. The van der Waals surface area contributed by atoms with Gasteiger partial charge in [-0.2, -0.15) is 0 Å². The average Bonchev–Trinajstić information content (AvgIpc) is 3.05. The van der Waals surface area contributed by atoms with Crippen LogP contribution in [0.4, 0.5) is 4.79 Å². The molecule has 1 saturated heterocycles. The van der Waals surface area contributed by atoms with Gasteiger partial charge in [0.15, 0.2) is 11.5 Å². The molecule has 24 heavy (non-hydrogen) atoms. The molecule has 2 aliphatic rings. The number of nitrogens with one attached hydrogen (secondary N) is 1. The van der Waals surface area contributed by atoms with Crippen LogP contribution in [-0.4, -0.2) is 44.8 Å². The molecule has 3 rings (SSSR count). The van der Waals surface area contributed by atoms with Crippen LogP contribution >= 0.6 is 0 Å². The fourth-order valence-electron chi connectivity index (χ4n) is 3.64. The molecule has 0 saturated carbocycles. The number of benzene rings is 1. The molecule has 1 aliphatic carbocycles. The maximum atomic E-state index is 12.4.